The Morgan fingerprint density at radius 3 is 2.10 bits per heavy atom. The summed E-state index contributed by atoms with van der Waals surface area (Å²) in [5.41, 5.74) is 0.0352. The molecule has 0 bridgehead atoms. The molecule has 2 aromatic carbocycles. The second-order valence-corrected chi connectivity index (χ2v) is 9.76. The highest BCUT2D eigenvalue weighted by Crippen LogP contribution is 2.35. The van der Waals surface area contributed by atoms with Gasteiger partial charge < -0.3 is 9.47 Å². The lowest BCUT2D eigenvalue weighted by Gasteiger charge is -2.36. The highest BCUT2D eigenvalue weighted by molar-refractivity contribution is 6.23. The molecular weight excluding hydrogens is 394 g/mol. The predicted octanol–water partition coefficient (Wildman–Crippen LogP) is 4.62. The second-order valence-electron chi connectivity index (χ2n) is 9.76. The van der Waals surface area contributed by atoms with Crippen LogP contribution in [0.2, 0.25) is 0 Å². The molecule has 0 unspecified atom stereocenters. The Hall–Kier alpha value is -3.15. The monoisotopic (exact) mass is 423 g/mol. The Kier molecular flexibility index (Phi) is 5.94. The van der Waals surface area contributed by atoms with Gasteiger partial charge in [-0.3, -0.25) is 14.5 Å². The molecule has 1 heterocycles. The van der Waals surface area contributed by atoms with Crippen LogP contribution in [0.1, 0.15) is 67.8 Å². The van der Waals surface area contributed by atoms with Gasteiger partial charge in [0.05, 0.1) is 11.1 Å². The summed E-state index contributed by atoms with van der Waals surface area (Å²) in [6.45, 7) is 11.0. The third kappa shape index (κ3) is 4.95. The number of fused-ring (bicyclic) bond motifs is 1. The summed E-state index contributed by atoms with van der Waals surface area (Å²) >= 11 is 0. The lowest BCUT2D eigenvalue weighted by molar-refractivity contribution is -0.163. The summed E-state index contributed by atoms with van der Waals surface area (Å²) in [4.78, 5) is 40.3. The van der Waals surface area contributed by atoms with Gasteiger partial charge in [-0.15, -0.1) is 0 Å². The molecule has 31 heavy (non-hydrogen) atoms. The van der Waals surface area contributed by atoms with Crippen LogP contribution in [0.15, 0.2) is 48.5 Å². The van der Waals surface area contributed by atoms with E-state index in [4.69, 9.17) is 9.47 Å². The number of carbonyl (C=O) groups excluding carboxylic acids is 3. The van der Waals surface area contributed by atoms with Crippen LogP contribution in [0.5, 0.6) is 5.75 Å². The average molecular weight is 424 g/mol. The fraction of sp³-hybridized carbons (Fsp3) is 0.400. The Labute approximate surface area is 183 Å². The van der Waals surface area contributed by atoms with Crippen molar-refractivity contribution in [2.24, 2.45) is 5.41 Å². The van der Waals surface area contributed by atoms with Crippen LogP contribution in [0.4, 0.5) is 0 Å². The smallest absolute Gasteiger partial charge is 0.330 e. The average Bonchev–Trinajstić information content (AvgIpc) is 2.90. The minimum Gasteiger partial charge on any atom is -0.489 e. The van der Waals surface area contributed by atoms with Gasteiger partial charge in [0.1, 0.15) is 24.0 Å². The minimum atomic E-state index is -1.05. The van der Waals surface area contributed by atoms with E-state index in [-0.39, 0.29) is 11.1 Å². The van der Waals surface area contributed by atoms with E-state index in [1.165, 1.54) is 0 Å². The first-order valence-electron chi connectivity index (χ1n) is 10.3. The molecule has 0 spiro atoms. The van der Waals surface area contributed by atoms with E-state index < -0.39 is 34.8 Å². The SMILES string of the molecule is CC(C)(C)OC(=O)[C@@H](N1C(=O)c2ccc(OCc3ccccc3)cc2C1=O)C(C)(C)C. The molecule has 164 valence electrons. The Balaban J connectivity index is 1.88. The quantitative estimate of drug-likeness (QED) is 0.518. The van der Waals surface area contributed by atoms with Crippen molar-refractivity contribution in [2.45, 2.75) is 59.8 Å². The number of benzene rings is 2. The van der Waals surface area contributed by atoms with Gasteiger partial charge in [-0.05, 0) is 49.9 Å². The van der Waals surface area contributed by atoms with Crippen molar-refractivity contribution in [3.8, 4) is 5.75 Å². The van der Waals surface area contributed by atoms with E-state index in [1.54, 1.807) is 59.7 Å². The maximum atomic E-state index is 13.2. The fourth-order valence-electron chi connectivity index (χ4n) is 3.51. The summed E-state index contributed by atoms with van der Waals surface area (Å²) in [5.74, 6) is -1.14. The number of esters is 1. The van der Waals surface area contributed by atoms with Gasteiger partial charge in [0.2, 0.25) is 0 Å². The molecule has 1 atom stereocenters. The van der Waals surface area contributed by atoms with Gasteiger partial charge >= 0.3 is 5.97 Å². The zero-order valence-corrected chi connectivity index (χ0v) is 18.9. The van der Waals surface area contributed by atoms with E-state index in [9.17, 15) is 14.4 Å². The Bertz CT molecular complexity index is 999. The summed E-state index contributed by atoms with van der Waals surface area (Å²) in [6, 6.07) is 13.4. The number of nitrogens with zero attached hydrogens (tertiary/aromatic N) is 1. The normalized spacial score (nSPS) is 15.0. The van der Waals surface area contributed by atoms with E-state index in [0.717, 1.165) is 10.5 Å². The third-order valence-electron chi connectivity index (χ3n) is 4.85. The van der Waals surface area contributed by atoms with Gasteiger partial charge in [0.25, 0.3) is 11.8 Å². The van der Waals surface area contributed by atoms with E-state index >= 15 is 0 Å². The van der Waals surface area contributed by atoms with Gasteiger partial charge in [0.15, 0.2) is 0 Å². The van der Waals surface area contributed by atoms with Gasteiger partial charge in [-0.1, -0.05) is 51.1 Å². The van der Waals surface area contributed by atoms with Gasteiger partial charge in [-0.25, -0.2) is 4.79 Å². The topological polar surface area (TPSA) is 72.9 Å². The molecule has 1 aliphatic rings. The van der Waals surface area contributed by atoms with Crippen molar-refractivity contribution in [3.63, 3.8) is 0 Å². The standard InChI is InChI=1S/C25H29NO5/c1-24(2,3)20(23(29)31-25(4,5)6)26-21(27)18-13-12-17(14-19(18)22(26)28)30-15-16-10-8-7-9-11-16/h7-14,20H,15H2,1-6H3/t20-/m1/s1. The number of ether oxygens (including phenoxy) is 2. The summed E-state index contributed by atoms with van der Waals surface area (Å²) in [6.07, 6.45) is 0. The largest absolute Gasteiger partial charge is 0.489 e. The van der Waals surface area contributed by atoms with Gasteiger partial charge in [-0.2, -0.15) is 0 Å². The van der Waals surface area contributed by atoms with Crippen molar-refractivity contribution >= 4 is 17.8 Å². The molecule has 0 saturated carbocycles. The molecule has 0 aromatic heterocycles. The third-order valence-corrected chi connectivity index (χ3v) is 4.85. The highest BCUT2D eigenvalue weighted by Gasteiger charge is 2.49. The first-order valence-corrected chi connectivity index (χ1v) is 10.3. The van der Waals surface area contributed by atoms with Crippen molar-refractivity contribution in [3.05, 3.63) is 65.2 Å². The maximum absolute atomic E-state index is 13.2. The Morgan fingerprint density at radius 2 is 1.52 bits per heavy atom. The molecule has 0 fully saturated rings. The molecule has 0 radical (unpaired) electrons. The van der Waals surface area contributed by atoms with Crippen LogP contribution < -0.4 is 4.74 Å². The van der Waals surface area contributed by atoms with Crippen LogP contribution in [-0.4, -0.2) is 34.3 Å². The molecule has 2 aromatic rings. The molecule has 6 nitrogen and oxygen atoms in total. The second kappa shape index (κ2) is 8.17. The minimum absolute atomic E-state index is 0.230. The van der Waals surface area contributed by atoms with E-state index in [1.807, 2.05) is 30.3 Å². The molecule has 0 aliphatic carbocycles. The lowest BCUT2D eigenvalue weighted by atomic mass is 9.85. The molecule has 3 rings (SSSR count). The lowest BCUT2D eigenvalue weighted by Crippen LogP contribution is -2.53. The van der Waals surface area contributed by atoms with Crippen LogP contribution in [0, 0.1) is 5.41 Å². The first kappa shape index (κ1) is 22.5. The van der Waals surface area contributed by atoms with E-state index in [0.29, 0.717) is 12.4 Å². The van der Waals surface area contributed by atoms with Crippen LogP contribution in [-0.2, 0) is 16.1 Å². The molecular formula is C25H29NO5. The molecule has 6 heteroatoms. The summed E-state index contributed by atoms with van der Waals surface area (Å²) < 4.78 is 11.3. The number of amides is 2. The van der Waals surface area contributed by atoms with Crippen molar-refractivity contribution in [2.75, 3.05) is 0 Å². The van der Waals surface area contributed by atoms with Gasteiger partial charge in [0, 0.05) is 0 Å². The molecule has 0 N–H and O–H groups in total. The number of imide groups is 1. The number of carbonyl (C=O) groups is 3. The fourth-order valence-corrected chi connectivity index (χ4v) is 3.51. The first-order chi connectivity index (χ1) is 14.4. The summed E-state index contributed by atoms with van der Waals surface area (Å²) in [5, 5.41) is 0. The maximum Gasteiger partial charge on any atom is 0.330 e. The predicted molar refractivity (Wildman–Crippen MR) is 117 cm³/mol. The highest BCUT2D eigenvalue weighted by atomic mass is 16.6. The van der Waals surface area contributed by atoms with Crippen molar-refractivity contribution < 1.29 is 23.9 Å². The zero-order chi connectivity index (χ0) is 23.0. The number of hydrogen-bond acceptors (Lipinski definition) is 5. The molecule has 0 saturated heterocycles. The molecule has 1 aliphatic heterocycles. The van der Waals surface area contributed by atoms with Crippen LogP contribution in [0.25, 0.3) is 0 Å². The van der Waals surface area contributed by atoms with Crippen molar-refractivity contribution in [1.82, 2.24) is 4.90 Å². The number of rotatable bonds is 5. The summed E-state index contributed by atoms with van der Waals surface area (Å²) in [7, 11) is 0. The zero-order valence-electron chi connectivity index (χ0n) is 18.9. The van der Waals surface area contributed by atoms with E-state index in [2.05, 4.69) is 0 Å². The van der Waals surface area contributed by atoms with Crippen LogP contribution >= 0.6 is 0 Å². The van der Waals surface area contributed by atoms with Crippen LogP contribution in [0.3, 0.4) is 0 Å². The Morgan fingerprint density at radius 1 is 0.903 bits per heavy atom. The van der Waals surface area contributed by atoms with Crippen molar-refractivity contribution in [1.29, 1.82) is 0 Å². The number of hydrogen-bond donors (Lipinski definition) is 0. The molecule has 2 amide bonds.